The molecule has 0 bridgehead atoms. The number of anilines is 2. The third-order valence-electron chi connectivity index (χ3n) is 2.31. The molecule has 6 nitrogen and oxygen atoms in total. The summed E-state index contributed by atoms with van der Waals surface area (Å²) in [4.78, 5) is 22.9. The summed E-state index contributed by atoms with van der Waals surface area (Å²) in [5, 5.41) is 8.87. The molecular weight excluding hydrogens is 246 g/mol. The third-order valence-corrected chi connectivity index (χ3v) is 2.31. The molecule has 0 atom stereocenters. The van der Waals surface area contributed by atoms with E-state index >= 15 is 0 Å². The topological polar surface area (TPSA) is 84.2 Å². The molecule has 98 valence electrons. The van der Waals surface area contributed by atoms with Gasteiger partial charge in [-0.2, -0.15) is 0 Å². The highest BCUT2D eigenvalue weighted by Gasteiger charge is 2.09. The lowest BCUT2D eigenvalue weighted by atomic mass is 10.2. The Labute approximate surface area is 109 Å². The summed E-state index contributed by atoms with van der Waals surface area (Å²) in [6.45, 7) is 3.17. The van der Waals surface area contributed by atoms with E-state index < -0.39 is 0 Å². The predicted molar refractivity (Wildman–Crippen MR) is 69.9 cm³/mol. The molecule has 2 aromatic rings. The molecule has 0 radical (unpaired) electrons. The van der Waals surface area contributed by atoms with Crippen molar-refractivity contribution in [3.63, 3.8) is 0 Å². The van der Waals surface area contributed by atoms with E-state index in [9.17, 15) is 9.59 Å². The number of aryl methyl sites for hydroxylation is 1. The number of carbonyl (C=O) groups is 2. The zero-order valence-corrected chi connectivity index (χ0v) is 10.6. The summed E-state index contributed by atoms with van der Waals surface area (Å²) in [7, 11) is 0. The fourth-order valence-electron chi connectivity index (χ4n) is 1.55. The molecule has 6 heteroatoms. The van der Waals surface area contributed by atoms with Gasteiger partial charge in [-0.25, -0.2) is 0 Å². The fourth-order valence-corrected chi connectivity index (χ4v) is 1.55. The van der Waals surface area contributed by atoms with Crippen LogP contribution in [0, 0.1) is 6.92 Å². The molecule has 0 aliphatic carbocycles. The SMILES string of the molecule is CC(=O)Nc1cccc(C(=O)Nc2cc(C)no2)c1. The van der Waals surface area contributed by atoms with Crippen LogP contribution in [0.5, 0.6) is 0 Å². The maximum Gasteiger partial charge on any atom is 0.258 e. The molecule has 1 aromatic heterocycles. The summed E-state index contributed by atoms with van der Waals surface area (Å²) in [6.07, 6.45) is 0. The van der Waals surface area contributed by atoms with Gasteiger partial charge in [0.05, 0.1) is 5.69 Å². The van der Waals surface area contributed by atoms with Gasteiger partial charge in [-0.15, -0.1) is 0 Å². The van der Waals surface area contributed by atoms with Gasteiger partial charge in [0, 0.05) is 24.2 Å². The number of amides is 2. The summed E-state index contributed by atoms with van der Waals surface area (Å²) in [5.74, 6) is -0.237. The van der Waals surface area contributed by atoms with Gasteiger partial charge in [0.1, 0.15) is 0 Å². The second kappa shape index (κ2) is 5.34. The second-order valence-corrected chi connectivity index (χ2v) is 4.05. The summed E-state index contributed by atoms with van der Waals surface area (Å²) >= 11 is 0. The quantitative estimate of drug-likeness (QED) is 0.884. The number of benzene rings is 1. The van der Waals surface area contributed by atoms with Crippen LogP contribution in [0.25, 0.3) is 0 Å². The molecule has 0 fully saturated rings. The van der Waals surface area contributed by atoms with Crippen LogP contribution in [0.3, 0.4) is 0 Å². The lowest BCUT2D eigenvalue weighted by Gasteiger charge is -2.05. The van der Waals surface area contributed by atoms with Crippen LogP contribution in [0.1, 0.15) is 23.0 Å². The van der Waals surface area contributed by atoms with Crippen molar-refractivity contribution in [3.8, 4) is 0 Å². The molecule has 0 saturated heterocycles. The Hall–Kier alpha value is -2.63. The van der Waals surface area contributed by atoms with Crippen molar-refractivity contribution in [3.05, 3.63) is 41.6 Å². The van der Waals surface area contributed by atoms with Crippen molar-refractivity contribution in [1.29, 1.82) is 0 Å². The molecule has 2 amide bonds. The maximum absolute atomic E-state index is 11.9. The lowest BCUT2D eigenvalue weighted by molar-refractivity contribution is -0.114. The van der Waals surface area contributed by atoms with Gasteiger partial charge in [0.15, 0.2) is 0 Å². The van der Waals surface area contributed by atoms with Gasteiger partial charge in [0.2, 0.25) is 11.8 Å². The van der Waals surface area contributed by atoms with Crippen LogP contribution in [-0.4, -0.2) is 17.0 Å². The Kier molecular flexibility index (Phi) is 3.61. The molecule has 0 saturated carbocycles. The molecule has 2 rings (SSSR count). The Morgan fingerprint density at radius 1 is 1.21 bits per heavy atom. The first-order valence-corrected chi connectivity index (χ1v) is 5.67. The van der Waals surface area contributed by atoms with E-state index in [1.165, 1.54) is 6.92 Å². The van der Waals surface area contributed by atoms with Gasteiger partial charge in [0.25, 0.3) is 5.91 Å². The average molecular weight is 259 g/mol. The van der Waals surface area contributed by atoms with E-state index in [-0.39, 0.29) is 17.7 Å². The van der Waals surface area contributed by atoms with Crippen molar-refractivity contribution in [2.75, 3.05) is 10.6 Å². The molecule has 0 aliphatic heterocycles. The van der Waals surface area contributed by atoms with E-state index in [4.69, 9.17) is 4.52 Å². The first-order chi connectivity index (χ1) is 9.04. The number of rotatable bonds is 3. The Balaban J connectivity index is 2.12. The van der Waals surface area contributed by atoms with E-state index in [2.05, 4.69) is 15.8 Å². The molecule has 1 heterocycles. The minimum Gasteiger partial charge on any atom is -0.338 e. The van der Waals surface area contributed by atoms with Crippen LogP contribution in [-0.2, 0) is 4.79 Å². The largest absolute Gasteiger partial charge is 0.338 e. The highest BCUT2D eigenvalue weighted by Crippen LogP contribution is 2.14. The Morgan fingerprint density at radius 2 is 2.00 bits per heavy atom. The van der Waals surface area contributed by atoms with Gasteiger partial charge in [-0.3, -0.25) is 14.9 Å². The maximum atomic E-state index is 11.9. The molecule has 0 unspecified atom stereocenters. The normalized spacial score (nSPS) is 10.0. The Bertz CT molecular complexity index is 619. The highest BCUT2D eigenvalue weighted by atomic mass is 16.5. The molecule has 19 heavy (non-hydrogen) atoms. The van der Waals surface area contributed by atoms with Crippen LogP contribution >= 0.6 is 0 Å². The monoisotopic (exact) mass is 259 g/mol. The van der Waals surface area contributed by atoms with Crippen LogP contribution in [0.2, 0.25) is 0 Å². The molecule has 1 aromatic carbocycles. The standard InChI is InChI=1S/C13H13N3O3/c1-8-6-12(19-16-8)15-13(18)10-4-3-5-11(7-10)14-9(2)17/h3-7H,1-2H3,(H,14,17)(H,15,18). The number of hydrogen-bond acceptors (Lipinski definition) is 4. The minimum atomic E-state index is -0.330. The molecular formula is C13H13N3O3. The second-order valence-electron chi connectivity index (χ2n) is 4.05. The van der Waals surface area contributed by atoms with Crippen molar-refractivity contribution in [1.82, 2.24) is 5.16 Å². The molecule has 2 N–H and O–H groups in total. The van der Waals surface area contributed by atoms with E-state index in [0.717, 1.165) is 0 Å². The Morgan fingerprint density at radius 3 is 2.63 bits per heavy atom. The number of nitrogens with zero attached hydrogens (tertiary/aromatic N) is 1. The summed E-state index contributed by atoms with van der Waals surface area (Å²) in [6, 6.07) is 8.24. The summed E-state index contributed by atoms with van der Waals surface area (Å²) in [5.41, 5.74) is 1.66. The average Bonchev–Trinajstić information content (AvgIpc) is 2.74. The van der Waals surface area contributed by atoms with Crippen molar-refractivity contribution >= 4 is 23.4 Å². The van der Waals surface area contributed by atoms with Crippen molar-refractivity contribution < 1.29 is 14.1 Å². The van der Waals surface area contributed by atoms with Crippen molar-refractivity contribution in [2.24, 2.45) is 0 Å². The molecule has 0 aliphatic rings. The number of hydrogen-bond donors (Lipinski definition) is 2. The van der Waals surface area contributed by atoms with Gasteiger partial charge >= 0.3 is 0 Å². The van der Waals surface area contributed by atoms with Crippen LogP contribution < -0.4 is 10.6 Å². The fraction of sp³-hybridized carbons (Fsp3) is 0.154. The van der Waals surface area contributed by atoms with Gasteiger partial charge < -0.3 is 9.84 Å². The number of nitrogens with one attached hydrogen (secondary N) is 2. The zero-order valence-electron chi connectivity index (χ0n) is 10.6. The number of carbonyl (C=O) groups excluding carboxylic acids is 2. The van der Waals surface area contributed by atoms with E-state index in [1.54, 1.807) is 37.3 Å². The molecule has 0 spiro atoms. The predicted octanol–water partition coefficient (Wildman–Crippen LogP) is 2.19. The first-order valence-electron chi connectivity index (χ1n) is 5.67. The van der Waals surface area contributed by atoms with E-state index in [1.807, 2.05) is 0 Å². The lowest BCUT2D eigenvalue weighted by Crippen LogP contribution is -2.12. The van der Waals surface area contributed by atoms with Gasteiger partial charge in [-0.1, -0.05) is 11.2 Å². The smallest absolute Gasteiger partial charge is 0.258 e. The first kappa shape index (κ1) is 12.8. The zero-order chi connectivity index (χ0) is 13.8. The summed E-state index contributed by atoms with van der Waals surface area (Å²) < 4.78 is 4.90. The third kappa shape index (κ3) is 3.41. The van der Waals surface area contributed by atoms with Crippen LogP contribution in [0.4, 0.5) is 11.6 Å². The van der Waals surface area contributed by atoms with Gasteiger partial charge in [-0.05, 0) is 25.1 Å². The van der Waals surface area contributed by atoms with E-state index in [0.29, 0.717) is 16.9 Å². The number of aromatic nitrogens is 1. The minimum absolute atomic E-state index is 0.191. The van der Waals surface area contributed by atoms with Crippen LogP contribution in [0.15, 0.2) is 34.9 Å². The van der Waals surface area contributed by atoms with Crippen molar-refractivity contribution in [2.45, 2.75) is 13.8 Å². The highest BCUT2D eigenvalue weighted by molar-refractivity contribution is 6.04.